The molecule has 0 unspecified atom stereocenters. The van der Waals surface area contributed by atoms with Gasteiger partial charge in [0.2, 0.25) is 0 Å². The van der Waals surface area contributed by atoms with Crippen LogP contribution in [0.2, 0.25) is 10.0 Å². The topological polar surface area (TPSA) is 68.0 Å². The molecule has 0 aliphatic carbocycles. The van der Waals surface area contributed by atoms with Crippen molar-refractivity contribution in [1.82, 2.24) is 19.9 Å². The Labute approximate surface area is 161 Å². The lowest BCUT2D eigenvalue weighted by molar-refractivity contribution is 0.0667. The maximum Gasteiger partial charge on any atom is 0.290 e. The number of rotatable bonds is 2. The summed E-state index contributed by atoms with van der Waals surface area (Å²) in [4.78, 5) is 27.4. The third-order valence-corrected chi connectivity index (χ3v) is 5.79. The molecule has 1 aromatic carbocycles. The largest absolute Gasteiger partial charge is 0.363 e. The highest BCUT2D eigenvalue weighted by atomic mass is 35.5. The van der Waals surface area contributed by atoms with Gasteiger partial charge < -0.3 is 19.8 Å². The molecule has 3 heterocycles. The minimum atomic E-state index is -0.106. The molecule has 1 amide bonds. The highest BCUT2D eigenvalue weighted by Crippen LogP contribution is 2.40. The second-order valence-corrected chi connectivity index (χ2v) is 7.52. The number of halogens is 2. The van der Waals surface area contributed by atoms with Gasteiger partial charge in [-0.3, -0.25) is 4.79 Å². The third-order valence-electron chi connectivity index (χ3n) is 4.98. The summed E-state index contributed by atoms with van der Waals surface area (Å²) >= 11 is 12.5. The molecule has 1 atom stereocenters. The molecular formula is C18H19Cl2N5O. The van der Waals surface area contributed by atoms with Gasteiger partial charge in [-0.25, -0.2) is 4.98 Å². The molecule has 0 saturated carbocycles. The van der Waals surface area contributed by atoms with Crippen molar-refractivity contribution >= 4 is 45.8 Å². The van der Waals surface area contributed by atoms with Crippen LogP contribution in [0.3, 0.4) is 0 Å². The summed E-state index contributed by atoms with van der Waals surface area (Å²) < 4.78 is 0. The van der Waals surface area contributed by atoms with Gasteiger partial charge in [0.05, 0.1) is 27.8 Å². The summed E-state index contributed by atoms with van der Waals surface area (Å²) in [5.41, 5.74) is 3.03. The fourth-order valence-electron chi connectivity index (χ4n) is 3.60. The van der Waals surface area contributed by atoms with Crippen LogP contribution in [0.25, 0.3) is 10.9 Å². The van der Waals surface area contributed by atoms with Crippen LogP contribution < -0.4 is 4.90 Å². The van der Waals surface area contributed by atoms with Gasteiger partial charge in [-0.15, -0.1) is 0 Å². The highest BCUT2D eigenvalue weighted by molar-refractivity contribution is 6.45. The number of anilines is 1. The van der Waals surface area contributed by atoms with Gasteiger partial charge in [-0.1, -0.05) is 29.3 Å². The van der Waals surface area contributed by atoms with Crippen LogP contribution in [0.15, 0.2) is 18.3 Å². The fraction of sp³-hybridized carbons (Fsp3) is 0.333. The van der Waals surface area contributed by atoms with E-state index in [2.05, 4.69) is 15.0 Å². The number of aromatic nitrogens is 3. The van der Waals surface area contributed by atoms with E-state index in [1.807, 2.05) is 36.9 Å². The Balaban J connectivity index is 1.72. The van der Waals surface area contributed by atoms with Crippen molar-refractivity contribution in [3.05, 3.63) is 45.5 Å². The minimum Gasteiger partial charge on any atom is -0.363 e. The van der Waals surface area contributed by atoms with E-state index in [9.17, 15) is 4.79 Å². The standard InChI is InChI=1S/C18H19Cl2N5O/c1-9-14-10-4-5-11(19)15(20)16(10)22-12(14)6-7-25(9)18(26)17-21-8-13(23-17)24(2)3/h4-5,8-9,22H,6-7H2,1-3H3,(H,21,23)/t9-/m1/s1. The molecule has 1 aliphatic heterocycles. The predicted molar refractivity (Wildman–Crippen MR) is 104 cm³/mol. The molecule has 8 heteroatoms. The van der Waals surface area contributed by atoms with Crippen LogP contribution in [-0.4, -0.2) is 46.4 Å². The number of nitrogens with one attached hydrogen (secondary N) is 2. The fourth-order valence-corrected chi connectivity index (χ4v) is 3.96. The van der Waals surface area contributed by atoms with Gasteiger partial charge in [0, 0.05) is 43.7 Å². The number of hydrogen-bond donors (Lipinski definition) is 2. The van der Waals surface area contributed by atoms with Crippen LogP contribution >= 0.6 is 23.2 Å². The molecule has 6 nitrogen and oxygen atoms in total. The molecule has 1 aliphatic rings. The van der Waals surface area contributed by atoms with Gasteiger partial charge in [-0.05, 0) is 13.0 Å². The van der Waals surface area contributed by atoms with E-state index < -0.39 is 0 Å². The monoisotopic (exact) mass is 391 g/mol. The van der Waals surface area contributed by atoms with E-state index in [0.717, 1.165) is 34.4 Å². The number of aromatic amines is 2. The van der Waals surface area contributed by atoms with Gasteiger partial charge in [0.25, 0.3) is 5.91 Å². The lowest BCUT2D eigenvalue weighted by Gasteiger charge is -2.33. The van der Waals surface area contributed by atoms with Crippen molar-refractivity contribution in [2.24, 2.45) is 0 Å². The Morgan fingerprint density at radius 1 is 1.31 bits per heavy atom. The molecular weight excluding hydrogens is 373 g/mol. The van der Waals surface area contributed by atoms with Crippen molar-refractivity contribution in [3.8, 4) is 0 Å². The quantitative estimate of drug-likeness (QED) is 0.692. The average Bonchev–Trinajstić information content (AvgIpc) is 3.23. The summed E-state index contributed by atoms with van der Waals surface area (Å²) in [7, 11) is 3.80. The van der Waals surface area contributed by atoms with Crippen molar-refractivity contribution in [1.29, 1.82) is 0 Å². The minimum absolute atomic E-state index is 0.0925. The SMILES string of the molecule is C[C@@H]1c2c([nH]c3c(Cl)c(Cl)ccc23)CCN1C(=O)c1ncc(N(C)C)[nH]1. The molecule has 2 N–H and O–H groups in total. The lowest BCUT2D eigenvalue weighted by Crippen LogP contribution is -2.39. The van der Waals surface area contributed by atoms with E-state index in [4.69, 9.17) is 23.2 Å². The van der Waals surface area contributed by atoms with Crippen molar-refractivity contribution in [2.45, 2.75) is 19.4 Å². The number of H-pyrrole nitrogens is 2. The third kappa shape index (κ3) is 2.56. The first-order chi connectivity index (χ1) is 12.4. The molecule has 0 fully saturated rings. The summed E-state index contributed by atoms with van der Waals surface area (Å²) in [6.45, 7) is 2.64. The molecule has 4 rings (SSSR count). The number of carbonyl (C=O) groups is 1. The van der Waals surface area contributed by atoms with Gasteiger partial charge in [0.15, 0.2) is 5.82 Å². The van der Waals surface area contributed by atoms with Gasteiger partial charge >= 0.3 is 0 Å². The number of amides is 1. The Kier molecular flexibility index (Phi) is 4.12. The zero-order valence-electron chi connectivity index (χ0n) is 14.7. The van der Waals surface area contributed by atoms with E-state index in [0.29, 0.717) is 22.4 Å². The second kappa shape index (κ2) is 6.21. The van der Waals surface area contributed by atoms with Gasteiger partial charge in [-0.2, -0.15) is 0 Å². The van der Waals surface area contributed by atoms with E-state index in [1.54, 1.807) is 12.3 Å². The first kappa shape index (κ1) is 17.2. The highest BCUT2D eigenvalue weighted by Gasteiger charge is 2.32. The Morgan fingerprint density at radius 2 is 2.08 bits per heavy atom. The zero-order valence-corrected chi connectivity index (χ0v) is 16.2. The van der Waals surface area contributed by atoms with Crippen LogP contribution in [0.1, 0.15) is 34.8 Å². The number of benzene rings is 1. The number of hydrogen-bond acceptors (Lipinski definition) is 3. The lowest BCUT2D eigenvalue weighted by atomic mass is 9.97. The first-order valence-electron chi connectivity index (χ1n) is 8.40. The number of imidazole rings is 1. The molecule has 0 radical (unpaired) electrons. The molecule has 136 valence electrons. The van der Waals surface area contributed by atoms with Crippen LogP contribution in [-0.2, 0) is 6.42 Å². The van der Waals surface area contributed by atoms with Crippen LogP contribution in [0.4, 0.5) is 5.82 Å². The summed E-state index contributed by atoms with van der Waals surface area (Å²) in [6.07, 6.45) is 2.40. The second-order valence-electron chi connectivity index (χ2n) is 6.74. The maximum absolute atomic E-state index is 13.0. The Bertz CT molecular complexity index is 1010. The van der Waals surface area contributed by atoms with Crippen molar-refractivity contribution in [3.63, 3.8) is 0 Å². The molecule has 26 heavy (non-hydrogen) atoms. The van der Waals surface area contributed by atoms with Crippen molar-refractivity contribution < 1.29 is 4.79 Å². The molecule has 0 saturated heterocycles. The molecule has 0 bridgehead atoms. The van der Waals surface area contributed by atoms with Crippen LogP contribution in [0.5, 0.6) is 0 Å². The molecule has 0 spiro atoms. The van der Waals surface area contributed by atoms with Crippen molar-refractivity contribution in [2.75, 3.05) is 25.5 Å². The predicted octanol–water partition coefficient (Wildman–Crippen LogP) is 4.02. The zero-order chi connectivity index (χ0) is 18.6. The smallest absolute Gasteiger partial charge is 0.290 e. The van der Waals surface area contributed by atoms with E-state index in [1.165, 1.54) is 0 Å². The summed E-state index contributed by atoms with van der Waals surface area (Å²) in [5, 5.41) is 2.04. The number of nitrogens with zero attached hydrogens (tertiary/aromatic N) is 3. The summed E-state index contributed by atoms with van der Waals surface area (Å²) in [6, 6.07) is 3.66. The van der Waals surface area contributed by atoms with Gasteiger partial charge in [0.1, 0.15) is 5.82 Å². The molecule has 3 aromatic rings. The summed E-state index contributed by atoms with van der Waals surface area (Å²) in [5.74, 6) is 1.04. The molecule has 2 aromatic heterocycles. The number of fused-ring (bicyclic) bond motifs is 3. The van der Waals surface area contributed by atoms with E-state index in [-0.39, 0.29) is 11.9 Å². The average molecular weight is 392 g/mol. The Morgan fingerprint density at radius 3 is 2.77 bits per heavy atom. The maximum atomic E-state index is 13.0. The van der Waals surface area contributed by atoms with Crippen LogP contribution in [0, 0.1) is 0 Å². The first-order valence-corrected chi connectivity index (χ1v) is 9.15. The normalized spacial score (nSPS) is 16.8. The number of carbonyl (C=O) groups excluding carboxylic acids is 1. The van der Waals surface area contributed by atoms with E-state index >= 15 is 0 Å². The Hall–Kier alpha value is -2.18.